The molecular weight excluding hydrogens is 463 g/mol. The zero-order chi connectivity index (χ0) is 25.3. The summed E-state index contributed by atoms with van der Waals surface area (Å²) in [7, 11) is 0. The van der Waals surface area contributed by atoms with Gasteiger partial charge in [0.1, 0.15) is 5.75 Å². The number of benzene rings is 2. The molecule has 10 heteroatoms. The summed E-state index contributed by atoms with van der Waals surface area (Å²) in [6.45, 7) is 4.96. The quantitative estimate of drug-likeness (QED) is 0.527. The van der Waals surface area contributed by atoms with Crippen LogP contribution in [0.25, 0.3) is 5.69 Å². The zero-order valence-electron chi connectivity index (χ0n) is 19.3. The van der Waals surface area contributed by atoms with Crippen LogP contribution in [0, 0.1) is 13.8 Å². The van der Waals surface area contributed by atoms with Crippen LogP contribution in [0.4, 0.5) is 13.2 Å². The maximum Gasteiger partial charge on any atom is 0.416 e. The lowest BCUT2D eigenvalue weighted by molar-refractivity contribution is -0.148. The second-order valence-electron chi connectivity index (χ2n) is 8.16. The topological polar surface area (TPSA) is 82.4 Å². The van der Waals surface area contributed by atoms with E-state index in [-0.39, 0.29) is 12.3 Å². The molecule has 184 valence electrons. The summed E-state index contributed by atoms with van der Waals surface area (Å²) in [4.78, 5) is 25.9. The Balaban J connectivity index is 1.66. The highest BCUT2D eigenvalue weighted by molar-refractivity contribution is 5.89. The number of fused-ring (bicyclic) bond motifs is 1. The molecule has 0 fully saturated rings. The van der Waals surface area contributed by atoms with Crippen LogP contribution in [0.1, 0.15) is 41.0 Å². The summed E-state index contributed by atoms with van der Waals surface area (Å²) in [5.41, 5.74) is 1.35. The van der Waals surface area contributed by atoms with Crippen molar-refractivity contribution in [3.63, 3.8) is 0 Å². The third kappa shape index (κ3) is 4.87. The lowest BCUT2D eigenvalue weighted by Gasteiger charge is -2.20. The van der Waals surface area contributed by atoms with Crippen LogP contribution in [-0.4, -0.2) is 34.4 Å². The third-order valence-electron chi connectivity index (χ3n) is 5.80. The minimum atomic E-state index is -4.52. The van der Waals surface area contributed by atoms with E-state index in [1.54, 1.807) is 32.9 Å². The second-order valence-corrected chi connectivity index (χ2v) is 8.16. The number of amides is 1. The smallest absolute Gasteiger partial charge is 0.416 e. The number of esters is 1. The molecule has 3 aromatic rings. The first-order valence-corrected chi connectivity index (χ1v) is 11.1. The van der Waals surface area contributed by atoms with E-state index in [4.69, 9.17) is 9.47 Å². The van der Waals surface area contributed by atoms with Crippen LogP contribution < -0.4 is 10.1 Å². The van der Waals surface area contributed by atoms with E-state index in [0.717, 1.165) is 17.7 Å². The first-order chi connectivity index (χ1) is 16.6. The molecule has 0 aliphatic carbocycles. The van der Waals surface area contributed by atoms with Gasteiger partial charge in [0, 0.05) is 17.7 Å². The maximum absolute atomic E-state index is 13.2. The molecule has 1 aromatic heterocycles. The van der Waals surface area contributed by atoms with Gasteiger partial charge in [-0.1, -0.05) is 24.3 Å². The molecule has 1 aliphatic heterocycles. The predicted molar refractivity (Wildman–Crippen MR) is 120 cm³/mol. The van der Waals surface area contributed by atoms with Gasteiger partial charge in [-0.05, 0) is 50.6 Å². The molecule has 4 rings (SSSR count). The molecule has 0 bridgehead atoms. The summed E-state index contributed by atoms with van der Waals surface area (Å²) in [5.74, 6) is -0.610. The lowest BCUT2D eigenvalue weighted by Crippen LogP contribution is -2.43. The Morgan fingerprint density at radius 3 is 2.63 bits per heavy atom. The van der Waals surface area contributed by atoms with Gasteiger partial charge in [0.2, 0.25) is 0 Å². The monoisotopic (exact) mass is 487 g/mol. The van der Waals surface area contributed by atoms with Crippen molar-refractivity contribution in [3.05, 3.63) is 76.6 Å². The number of alkyl halides is 3. The maximum atomic E-state index is 13.2. The van der Waals surface area contributed by atoms with Crippen LogP contribution in [0.3, 0.4) is 0 Å². The molecule has 0 saturated heterocycles. The second kappa shape index (κ2) is 9.44. The minimum absolute atomic E-state index is 0.0798. The van der Waals surface area contributed by atoms with Crippen molar-refractivity contribution in [3.8, 4) is 11.4 Å². The standard InChI is InChI=1S/C25H24F3N3O4/c1-4-34-24(33)22(29-23(32)20-12-16-8-5-6-11-19(16)35-20)21-14(2)30-31(15(21)3)18-10-7-9-17(13-18)25(26,27)28/h5-11,13,20,22H,4,12H2,1-3H3,(H,29,32). The molecular formula is C25H24F3N3O4. The minimum Gasteiger partial charge on any atom is -0.480 e. The number of carbonyl (C=O) groups excluding carboxylic acids is 2. The van der Waals surface area contributed by atoms with Crippen LogP contribution in [0.15, 0.2) is 48.5 Å². The fourth-order valence-electron chi connectivity index (χ4n) is 4.18. The van der Waals surface area contributed by atoms with Crippen molar-refractivity contribution >= 4 is 11.9 Å². The van der Waals surface area contributed by atoms with E-state index in [2.05, 4.69) is 10.4 Å². The molecule has 0 saturated carbocycles. The molecule has 0 spiro atoms. The van der Waals surface area contributed by atoms with Gasteiger partial charge in [0.25, 0.3) is 5.91 Å². The zero-order valence-corrected chi connectivity index (χ0v) is 19.3. The van der Waals surface area contributed by atoms with E-state index in [1.165, 1.54) is 16.8 Å². The van der Waals surface area contributed by atoms with Gasteiger partial charge < -0.3 is 14.8 Å². The summed E-state index contributed by atoms with van der Waals surface area (Å²) >= 11 is 0. The average Bonchev–Trinajstić information content (AvgIpc) is 3.38. The summed E-state index contributed by atoms with van der Waals surface area (Å²) in [6, 6.07) is 10.8. The molecule has 1 aliphatic rings. The first-order valence-electron chi connectivity index (χ1n) is 11.1. The molecule has 35 heavy (non-hydrogen) atoms. The van der Waals surface area contributed by atoms with Gasteiger partial charge >= 0.3 is 12.1 Å². The van der Waals surface area contributed by atoms with Crippen LogP contribution in [0.5, 0.6) is 5.75 Å². The van der Waals surface area contributed by atoms with Gasteiger partial charge in [-0.3, -0.25) is 4.79 Å². The Kier molecular flexibility index (Phi) is 6.56. The van der Waals surface area contributed by atoms with Crippen molar-refractivity contribution in [2.75, 3.05) is 6.61 Å². The van der Waals surface area contributed by atoms with Gasteiger partial charge in [-0.2, -0.15) is 18.3 Å². The van der Waals surface area contributed by atoms with Gasteiger partial charge in [0.05, 0.1) is 23.6 Å². The van der Waals surface area contributed by atoms with Gasteiger partial charge in [-0.25, -0.2) is 9.48 Å². The van der Waals surface area contributed by atoms with E-state index in [0.29, 0.717) is 29.1 Å². The number of aromatic nitrogens is 2. The fraction of sp³-hybridized carbons (Fsp3) is 0.320. The SMILES string of the molecule is CCOC(=O)C(NC(=O)C1Cc2ccccc2O1)c1c(C)nn(-c2cccc(C(F)(F)F)c2)c1C. The van der Waals surface area contributed by atoms with Crippen LogP contribution in [0.2, 0.25) is 0 Å². The fourth-order valence-corrected chi connectivity index (χ4v) is 4.18. The van der Waals surface area contributed by atoms with Gasteiger partial charge in [0.15, 0.2) is 12.1 Å². The highest BCUT2D eigenvalue weighted by Gasteiger charge is 2.36. The molecule has 7 nitrogen and oxygen atoms in total. The van der Waals surface area contributed by atoms with Crippen LogP contribution >= 0.6 is 0 Å². The Morgan fingerprint density at radius 2 is 1.94 bits per heavy atom. The predicted octanol–water partition coefficient (Wildman–Crippen LogP) is 4.23. The number of aryl methyl sites for hydroxylation is 1. The molecule has 2 atom stereocenters. The third-order valence-corrected chi connectivity index (χ3v) is 5.80. The first kappa shape index (κ1) is 24.3. The Morgan fingerprint density at radius 1 is 1.20 bits per heavy atom. The lowest BCUT2D eigenvalue weighted by atomic mass is 10.0. The Labute approximate surface area is 199 Å². The number of nitrogens with zero attached hydrogens (tertiary/aromatic N) is 2. The van der Waals surface area contributed by atoms with E-state index in [9.17, 15) is 22.8 Å². The normalized spacial score (nSPS) is 15.8. The number of para-hydroxylation sites is 1. The molecule has 2 aromatic carbocycles. The molecule has 0 radical (unpaired) electrons. The average molecular weight is 487 g/mol. The van der Waals surface area contributed by atoms with Crippen molar-refractivity contribution in [1.29, 1.82) is 0 Å². The summed E-state index contributed by atoms with van der Waals surface area (Å²) < 4.78 is 51.9. The highest BCUT2D eigenvalue weighted by atomic mass is 19.4. The Bertz CT molecular complexity index is 1240. The number of ether oxygens (including phenoxy) is 2. The molecule has 1 N–H and O–H groups in total. The number of rotatable bonds is 6. The summed E-state index contributed by atoms with van der Waals surface area (Å²) in [6.07, 6.45) is -5.00. The van der Waals surface area contributed by atoms with E-state index < -0.39 is 35.8 Å². The number of nitrogens with one attached hydrogen (secondary N) is 1. The van der Waals surface area contributed by atoms with Gasteiger partial charge in [-0.15, -0.1) is 0 Å². The largest absolute Gasteiger partial charge is 0.480 e. The number of hydrogen-bond acceptors (Lipinski definition) is 5. The van der Waals surface area contributed by atoms with Crippen molar-refractivity contribution in [2.45, 2.75) is 45.5 Å². The number of hydrogen-bond donors (Lipinski definition) is 1. The Hall–Kier alpha value is -3.82. The number of halogens is 3. The van der Waals surface area contributed by atoms with E-state index >= 15 is 0 Å². The summed E-state index contributed by atoms with van der Waals surface area (Å²) in [5, 5.41) is 7.07. The van der Waals surface area contributed by atoms with Crippen molar-refractivity contribution in [1.82, 2.24) is 15.1 Å². The highest BCUT2D eigenvalue weighted by Crippen LogP contribution is 2.32. The number of carbonyl (C=O) groups is 2. The molecule has 2 heterocycles. The molecule has 1 amide bonds. The van der Waals surface area contributed by atoms with Crippen molar-refractivity contribution in [2.24, 2.45) is 0 Å². The van der Waals surface area contributed by atoms with E-state index in [1.807, 2.05) is 12.1 Å². The van der Waals surface area contributed by atoms with Crippen LogP contribution in [-0.2, 0) is 26.9 Å². The molecule has 2 unspecified atom stereocenters. The van der Waals surface area contributed by atoms with Crippen molar-refractivity contribution < 1.29 is 32.2 Å².